The minimum Gasteiger partial charge on any atom is -0.290 e. The minimum atomic E-state index is -6.11. The number of aryl methyl sites for hydroxylation is 1. The molecule has 144 valence electrons. The molecule has 1 aromatic carbocycles. The van der Waals surface area contributed by atoms with Crippen LogP contribution >= 0.6 is 11.9 Å². The summed E-state index contributed by atoms with van der Waals surface area (Å²) in [5.41, 5.74) is -5.22. The molecule has 26 heavy (non-hydrogen) atoms. The number of halogens is 7. The molecule has 0 N–H and O–H groups in total. The Morgan fingerprint density at radius 2 is 1.69 bits per heavy atom. The molecule has 1 heterocycles. The fourth-order valence-electron chi connectivity index (χ4n) is 3.91. The van der Waals surface area contributed by atoms with Crippen LogP contribution in [0.25, 0.3) is 0 Å². The van der Waals surface area contributed by atoms with Crippen molar-refractivity contribution in [2.75, 3.05) is 6.54 Å². The van der Waals surface area contributed by atoms with Gasteiger partial charge in [-0.15, -0.1) is 0 Å². The van der Waals surface area contributed by atoms with Gasteiger partial charge in [-0.3, -0.25) is 4.79 Å². The Morgan fingerprint density at radius 1 is 1.04 bits per heavy atom. The van der Waals surface area contributed by atoms with Gasteiger partial charge in [0.15, 0.2) is 5.62 Å². The normalized spacial score (nSPS) is 24.3. The van der Waals surface area contributed by atoms with E-state index < -0.39 is 23.6 Å². The average Bonchev–Trinajstić information content (AvgIpc) is 2.95. The molecular weight excluding hydrogens is 387 g/mol. The summed E-state index contributed by atoms with van der Waals surface area (Å²) in [5, 5.41) is 0. The molecule has 1 fully saturated rings. The summed E-state index contributed by atoms with van der Waals surface area (Å²) >= 11 is 1.01. The van der Waals surface area contributed by atoms with Crippen LogP contribution in [0.3, 0.4) is 0 Å². The lowest BCUT2D eigenvalue weighted by Crippen LogP contribution is -2.50. The maximum atomic E-state index is 14.2. The molecule has 0 amide bonds. The van der Waals surface area contributed by atoms with Crippen LogP contribution in [0.2, 0.25) is 0 Å². The summed E-state index contributed by atoms with van der Waals surface area (Å²) in [6.07, 6.45) is -10.9. The van der Waals surface area contributed by atoms with E-state index in [0.717, 1.165) is 11.9 Å². The minimum absolute atomic E-state index is 0.0103. The first kappa shape index (κ1) is 19.5. The van der Waals surface area contributed by atoms with Gasteiger partial charge in [-0.05, 0) is 42.3 Å². The van der Waals surface area contributed by atoms with Crippen molar-refractivity contribution in [3.8, 4) is 0 Å². The van der Waals surface area contributed by atoms with Crippen LogP contribution in [-0.2, 0) is 16.9 Å². The van der Waals surface area contributed by atoms with Gasteiger partial charge in [0.2, 0.25) is 0 Å². The summed E-state index contributed by atoms with van der Waals surface area (Å²) in [5.74, 6) is -0.0916. The zero-order valence-electron chi connectivity index (χ0n) is 13.2. The largest absolute Gasteiger partial charge is 0.435 e. The maximum absolute atomic E-state index is 14.2. The molecule has 1 aliphatic carbocycles. The molecule has 1 aliphatic heterocycles. The fourth-order valence-corrected chi connectivity index (χ4v) is 4.64. The van der Waals surface area contributed by atoms with Crippen LogP contribution in [0.15, 0.2) is 18.2 Å². The fraction of sp³-hybridized carbons (Fsp3) is 0.562. The van der Waals surface area contributed by atoms with Crippen molar-refractivity contribution < 1.29 is 35.5 Å². The molecular formula is C16H14F7NOS. The third-order valence-electron chi connectivity index (χ3n) is 5.10. The number of carbonyl (C=O) groups excluding carboxylic acids is 1. The highest BCUT2D eigenvalue weighted by Crippen LogP contribution is 2.54. The average molecular weight is 401 g/mol. The summed E-state index contributed by atoms with van der Waals surface area (Å²) in [6.45, 7) is 0.595. The van der Waals surface area contributed by atoms with Crippen LogP contribution in [0.5, 0.6) is 0 Å². The van der Waals surface area contributed by atoms with Gasteiger partial charge in [0.25, 0.3) is 0 Å². The topological polar surface area (TPSA) is 20.3 Å². The highest BCUT2D eigenvalue weighted by Gasteiger charge is 2.73. The lowest BCUT2D eigenvalue weighted by Gasteiger charge is -2.34. The Morgan fingerprint density at radius 3 is 2.27 bits per heavy atom. The van der Waals surface area contributed by atoms with Crippen LogP contribution in [0.4, 0.5) is 30.7 Å². The van der Waals surface area contributed by atoms with Crippen LogP contribution in [0.1, 0.15) is 35.4 Å². The van der Waals surface area contributed by atoms with E-state index in [1.54, 1.807) is 0 Å². The van der Waals surface area contributed by atoms with E-state index in [1.165, 1.54) is 6.07 Å². The molecule has 1 saturated heterocycles. The number of carbonyl (C=O) groups is 1. The molecule has 2 atom stereocenters. The monoisotopic (exact) mass is 401 g/mol. The van der Waals surface area contributed by atoms with Crippen LogP contribution < -0.4 is 0 Å². The van der Waals surface area contributed by atoms with Gasteiger partial charge in [-0.25, -0.2) is 8.70 Å². The van der Waals surface area contributed by atoms with E-state index in [9.17, 15) is 35.5 Å². The van der Waals surface area contributed by atoms with Crippen molar-refractivity contribution >= 4 is 17.6 Å². The summed E-state index contributed by atoms with van der Waals surface area (Å²) in [6, 6.07) is 2.44. The highest BCUT2D eigenvalue weighted by molar-refractivity contribution is 8.09. The number of fused-ring (bicyclic) bond motifs is 3. The molecule has 2 aliphatic rings. The third-order valence-corrected chi connectivity index (χ3v) is 5.91. The zero-order chi connectivity index (χ0) is 19.3. The van der Waals surface area contributed by atoms with Crippen molar-refractivity contribution in [3.05, 3.63) is 34.9 Å². The molecule has 3 rings (SSSR count). The predicted molar refractivity (Wildman–Crippen MR) is 81.9 cm³/mol. The Balaban J connectivity index is 2.00. The van der Waals surface area contributed by atoms with E-state index in [2.05, 4.69) is 0 Å². The van der Waals surface area contributed by atoms with Gasteiger partial charge >= 0.3 is 18.0 Å². The van der Waals surface area contributed by atoms with Gasteiger partial charge in [0.1, 0.15) is 0 Å². The molecule has 0 spiro atoms. The van der Waals surface area contributed by atoms with Crippen molar-refractivity contribution in [1.29, 1.82) is 0 Å². The van der Waals surface area contributed by atoms with Crippen molar-refractivity contribution in [3.63, 3.8) is 0 Å². The van der Waals surface area contributed by atoms with E-state index in [4.69, 9.17) is 0 Å². The third kappa shape index (κ3) is 2.90. The predicted octanol–water partition coefficient (Wildman–Crippen LogP) is 4.92. The highest BCUT2D eigenvalue weighted by atomic mass is 32.2. The van der Waals surface area contributed by atoms with E-state index >= 15 is 0 Å². The SMILES string of the molecule is O=CSN1CCC2c3ccc(C(F)(C(F)(F)F)C(F)(F)F)cc3CCC21. The first-order valence-electron chi connectivity index (χ1n) is 7.83. The van der Waals surface area contributed by atoms with E-state index in [1.807, 2.05) is 4.31 Å². The molecule has 1 aromatic rings. The maximum Gasteiger partial charge on any atom is 0.435 e. The number of benzene rings is 1. The standard InChI is InChI=1S/C16H14F7NOS/c17-14(15(18,19)20,16(21,22)23)10-2-3-11-9(7-10)1-4-13-12(11)5-6-24(13)26-8-25/h2-3,7-8,12-13H,1,4-6H2. The van der Waals surface area contributed by atoms with Gasteiger partial charge in [0.05, 0.1) is 0 Å². The van der Waals surface area contributed by atoms with Crippen molar-refractivity contribution in [1.82, 2.24) is 4.31 Å². The quantitative estimate of drug-likeness (QED) is 0.408. The molecule has 10 heteroatoms. The van der Waals surface area contributed by atoms with Gasteiger partial charge < -0.3 is 0 Å². The van der Waals surface area contributed by atoms with Gasteiger partial charge in [0, 0.05) is 24.1 Å². The zero-order valence-corrected chi connectivity index (χ0v) is 14.0. The van der Waals surface area contributed by atoms with Crippen LogP contribution in [-0.4, -0.2) is 34.9 Å². The van der Waals surface area contributed by atoms with Crippen molar-refractivity contribution in [2.45, 2.75) is 49.2 Å². The van der Waals surface area contributed by atoms with Crippen molar-refractivity contribution in [2.24, 2.45) is 0 Å². The van der Waals surface area contributed by atoms with Gasteiger partial charge in [-0.1, -0.05) is 18.2 Å². The summed E-state index contributed by atoms with van der Waals surface area (Å²) in [4.78, 5) is 10.7. The van der Waals surface area contributed by atoms with Gasteiger partial charge in [-0.2, -0.15) is 26.3 Å². The second kappa shape index (κ2) is 6.40. The molecule has 0 bridgehead atoms. The molecule has 2 nitrogen and oxygen atoms in total. The molecule has 0 radical (unpaired) electrons. The summed E-state index contributed by atoms with van der Waals surface area (Å²) in [7, 11) is 0. The lowest BCUT2D eigenvalue weighted by molar-refractivity contribution is -0.348. The molecule has 0 aromatic heterocycles. The smallest absolute Gasteiger partial charge is 0.290 e. The number of hydrogen-bond donors (Lipinski definition) is 0. The Hall–Kier alpha value is -1.29. The first-order chi connectivity index (χ1) is 12.0. The number of rotatable bonds is 3. The lowest BCUT2D eigenvalue weighted by atomic mass is 9.78. The number of nitrogens with zero attached hydrogens (tertiary/aromatic N) is 1. The van der Waals surface area contributed by atoms with Crippen LogP contribution in [0, 0.1) is 0 Å². The first-order valence-corrected chi connectivity index (χ1v) is 8.67. The second-order valence-corrected chi connectivity index (χ2v) is 7.28. The molecule has 2 unspecified atom stereocenters. The summed E-state index contributed by atoms with van der Waals surface area (Å²) < 4.78 is 93.7. The molecule has 0 saturated carbocycles. The Labute approximate surface area is 148 Å². The van der Waals surface area contributed by atoms with E-state index in [-0.39, 0.29) is 18.4 Å². The Bertz CT molecular complexity index is 689. The van der Waals surface area contributed by atoms with E-state index in [0.29, 0.717) is 48.3 Å². The Kier molecular flexibility index (Phi) is 4.79. The number of alkyl halides is 7. The number of hydrogen-bond acceptors (Lipinski definition) is 3. The second-order valence-electron chi connectivity index (χ2n) is 6.41.